The molecule has 0 amide bonds. The van der Waals surface area contributed by atoms with E-state index in [1.165, 1.54) is 11.3 Å². The van der Waals surface area contributed by atoms with Crippen molar-refractivity contribution < 1.29 is 13.5 Å². The molecule has 0 fully saturated rings. The Kier molecular flexibility index (Phi) is 4.83. The molecule has 0 saturated heterocycles. The third kappa shape index (κ3) is 3.52. The summed E-state index contributed by atoms with van der Waals surface area (Å²) < 4.78 is 27.9. The molecular formula is C15H19NO3S2. The Morgan fingerprint density at radius 2 is 1.86 bits per heavy atom. The van der Waals surface area contributed by atoms with Crippen LogP contribution in [0, 0.1) is 0 Å². The highest BCUT2D eigenvalue weighted by atomic mass is 32.2. The smallest absolute Gasteiger partial charge is 0.250 e. The molecule has 1 atom stereocenters. The van der Waals surface area contributed by atoms with Crippen LogP contribution in [0.3, 0.4) is 0 Å². The van der Waals surface area contributed by atoms with E-state index in [4.69, 9.17) is 0 Å². The maximum Gasteiger partial charge on any atom is 0.250 e. The zero-order valence-electron chi connectivity index (χ0n) is 12.0. The van der Waals surface area contributed by atoms with Crippen molar-refractivity contribution in [1.82, 2.24) is 4.72 Å². The number of aliphatic hydroxyl groups is 1. The third-order valence-electron chi connectivity index (χ3n) is 3.34. The molecule has 0 spiro atoms. The highest BCUT2D eigenvalue weighted by Gasteiger charge is 2.32. The summed E-state index contributed by atoms with van der Waals surface area (Å²) in [6.45, 7) is 3.34. The van der Waals surface area contributed by atoms with Crippen LogP contribution in [0.25, 0.3) is 0 Å². The first-order valence-electron chi connectivity index (χ1n) is 6.70. The molecule has 4 nitrogen and oxygen atoms in total. The van der Waals surface area contributed by atoms with Gasteiger partial charge in [-0.1, -0.05) is 37.3 Å². The number of rotatable bonds is 6. The van der Waals surface area contributed by atoms with Gasteiger partial charge in [0.05, 0.1) is 12.1 Å². The molecule has 0 aliphatic heterocycles. The van der Waals surface area contributed by atoms with Crippen LogP contribution in [0.15, 0.2) is 46.7 Å². The summed E-state index contributed by atoms with van der Waals surface area (Å²) in [6.07, 6.45) is 0.802. The van der Waals surface area contributed by atoms with Crippen LogP contribution in [-0.4, -0.2) is 20.1 Å². The second-order valence-electron chi connectivity index (χ2n) is 5.04. The van der Waals surface area contributed by atoms with E-state index >= 15 is 0 Å². The number of hydrogen-bond donors (Lipinski definition) is 2. The Hall–Kier alpha value is -1.21. The number of thiophene rings is 1. The minimum absolute atomic E-state index is 0.273. The van der Waals surface area contributed by atoms with Gasteiger partial charge in [0.25, 0.3) is 10.0 Å². The van der Waals surface area contributed by atoms with E-state index in [1.54, 1.807) is 25.1 Å². The Morgan fingerprint density at radius 3 is 2.38 bits per heavy atom. The van der Waals surface area contributed by atoms with Crippen molar-refractivity contribution in [3.05, 3.63) is 52.9 Å². The number of hydrogen-bond acceptors (Lipinski definition) is 4. The molecule has 1 aromatic carbocycles. The Balaban J connectivity index is 2.33. The van der Waals surface area contributed by atoms with E-state index in [-0.39, 0.29) is 10.8 Å². The standard InChI is InChI=1S/C15H19NO3S2/c1-3-13-9-10-14(20-13)21(18,19)16-15(2,11-17)12-7-5-4-6-8-12/h4-10,16-17H,3,11H2,1-2H3. The molecular weight excluding hydrogens is 306 g/mol. The largest absolute Gasteiger partial charge is 0.394 e. The van der Waals surface area contributed by atoms with E-state index in [0.29, 0.717) is 0 Å². The summed E-state index contributed by atoms with van der Waals surface area (Å²) in [5.41, 5.74) is -0.320. The lowest BCUT2D eigenvalue weighted by Gasteiger charge is -2.28. The van der Waals surface area contributed by atoms with Crippen LogP contribution in [0.5, 0.6) is 0 Å². The van der Waals surface area contributed by atoms with Gasteiger partial charge in [0, 0.05) is 4.88 Å². The van der Waals surface area contributed by atoms with Gasteiger partial charge >= 0.3 is 0 Å². The van der Waals surface area contributed by atoms with Gasteiger partial charge in [-0.3, -0.25) is 0 Å². The van der Waals surface area contributed by atoms with Gasteiger partial charge in [-0.25, -0.2) is 8.42 Å². The molecule has 0 aliphatic rings. The van der Waals surface area contributed by atoms with Gasteiger partial charge in [0.15, 0.2) is 0 Å². The highest BCUT2D eigenvalue weighted by molar-refractivity contribution is 7.91. The second-order valence-corrected chi connectivity index (χ2v) is 8.11. The number of benzene rings is 1. The zero-order chi connectivity index (χ0) is 15.5. The maximum atomic E-state index is 12.5. The van der Waals surface area contributed by atoms with Crippen molar-refractivity contribution >= 4 is 21.4 Å². The number of aliphatic hydroxyl groups excluding tert-OH is 1. The summed E-state index contributed by atoms with van der Waals surface area (Å²) >= 11 is 1.25. The summed E-state index contributed by atoms with van der Waals surface area (Å²) in [4.78, 5) is 1.01. The predicted molar refractivity (Wildman–Crippen MR) is 84.9 cm³/mol. The molecule has 6 heteroatoms. The van der Waals surface area contributed by atoms with Crippen molar-refractivity contribution in [2.45, 2.75) is 30.0 Å². The second kappa shape index (κ2) is 6.27. The van der Waals surface area contributed by atoms with Gasteiger partial charge in [-0.2, -0.15) is 4.72 Å². The third-order valence-corrected chi connectivity index (χ3v) is 6.65. The van der Waals surface area contributed by atoms with Gasteiger partial charge in [0.2, 0.25) is 0 Å². The minimum Gasteiger partial charge on any atom is -0.394 e. The van der Waals surface area contributed by atoms with Crippen molar-refractivity contribution in [3.63, 3.8) is 0 Å². The van der Waals surface area contributed by atoms with Gasteiger partial charge in [-0.05, 0) is 31.0 Å². The maximum absolute atomic E-state index is 12.5. The molecule has 0 aliphatic carbocycles. The van der Waals surface area contributed by atoms with E-state index in [1.807, 2.05) is 31.2 Å². The highest BCUT2D eigenvalue weighted by Crippen LogP contribution is 2.27. The van der Waals surface area contributed by atoms with Crippen LogP contribution in [0.2, 0.25) is 0 Å². The van der Waals surface area contributed by atoms with Crippen molar-refractivity contribution in [2.75, 3.05) is 6.61 Å². The number of sulfonamides is 1. The van der Waals surface area contributed by atoms with Gasteiger partial charge in [-0.15, -0.1) is 11.3 Å². The molecule has 0 bridgehead atoms. The zero-order valence-corrected chi connectivity index (χ0v) is 13.7. The Morgan fingerprint density at radius 1 is 1.19 bits per heavy atom. The summed E-state index contributed by atoms with van der Waals surface area (Å²) in [6, 6.07) is 12.5. The molecule has 1 unspecified atom stereocenters. The quantitative estimate of drug-likeness (QED) is 0.857. The summed E-state index contributed by atoms with van der Waals surface area (Å²) in [7, 11) is -3.66. The molecule has 2 aromatic rings. The average molecular weight is 325 g/mol. The van der Waals surface area contributed by atoms with Crippen LogP contribution >= 0.6 is 11.3 Å². The molecule has 1 aromatic heterocycles. The molecule has 114 valence electrons. The Labute approximate surface area is 129 Å². The van der Waals surface area contributed by atoms with Gasteiger partial charge < -0.3 is 5.11 Å². The lowest BCUT2D eigenvalue weighted by Crippen LogP contribution is -2.45. The SMILES string of the molecule is CCc1ccc(S(=O)(=O)NC(C)(CO)c2ccccc2)s1. The minimum atomic E-state index is -3.66. The fourth-order valence-electron chi connectivity index (χ4n) is 2.03. The predicted octanol–water partition coefficient (Wildman–Crippen LogP) is 2.50. The summed E-state index contributed by atoms with van der Waals surface area (Å²) in [5, 5.41) is 9.68. The van der Waals surface area contributed by atoms with Crippen molar-refractivity contribution in [3.8, 4) is 0 Å². The molecule has 2 N–H and O–H groups in total. The molecule has 2 rings (SSSR count). The molecule has 0 radical (unpaired) electrons. The van der Waals surface area contributed by atoms with E-state index < -0.39 is 15.6 Å². The van der Waals surface area contributed by atoms with Crippen molar-refractivity contribution in [2.24, 2.45) is 0 Å². The fourth-order valence-corrected chi connectivity index (χ4v) is 4.71. The van der Waals surface area contributed by atoms with Crippen LogP contribution < -0.4 is 4.72 Å². The van der Waals surface area contributed by atoms with Crippen LogP contribution in [0.1, 0.15) is 24.3 Å². The monoisotopic (exact) mass is 325 g/mol. The first-order valence-corrected chi connectivity index (χ1v) is 9.00. The van der Waals surface area contributed by atoms with Crippen LogP contribution in [-0.2, 0) is 22.0 Å². The lowest BCUT2D eigenvalue weighted by atomic mass is 9.94. The molecule has 21 heavy (non-hydrogen) atoms. The van der Waals surface area contributed by atoms with E-state index in [2.05, 4.69) is 4.72 Å². The topological polar surface area (TPSA) is 66.4 Å². The molecule has 1 heterocycles. The number of nitrogens with one attached hydrogen (secondary N) is 1. The van der Waals surface area contributed by atoms with Crippen molar-refractivity contribution in [1.29, 1.82) is 0 Å². The van der Waals surface area contributed by atoms with Gasteiger partial charge in [0.1, 0.15) is 4.21 Å². The first kappa shape index (κ1) is 16.2. The van der Waals surface area contributed by atoms with E-state index in [9.17, 15) is 13.5 Å². The summed E-state index contributed by atoms with van der Waals surface area (Å²) in [5.74, 6) is 0. The average Bonchev–Trinajstić information content (AvgIpc) is 2.97. The van der Waals surface area contributed by atoms with E-state index in [0.717, 1.165) is 16.9 Å². The Bertz CT molecular complexity index is 695. The first-order chi connectivity index (χ1) is 9.91. The fraction of sp³-hybridized carbons (Fsp3) is 0.333. The number of aryl methyl sites for hydroxylation is 1. The lowest BCUT2D eigenvalue weighted by molar-refractivity contribution is 0.196. The van der Waals surface area contributed by atoms with Crippen LogP contribution in [0.4, 0.5) is 0 Å². The molecule has 0 saturated carbocycles. The normalized spacial score (nSPS) is 14.8.